The summed E-state index contributed by atoms with van der Waals surface area (Å²) in [5.41, 5.74) is 3.66. The molecule has 3 heterocycles. The first-order chi connectivity index (χ1) is 17.7. The van der Waals surface area contributed by atoms with E-state index in [2.05, 4.69) is 49.4 Å². The number of pyridine rings is 1. The largest absolute Gasteiger partial charge is 0.486 e. The van der Waals surface area contributed by atoms with Crippen molar-refractivity contribution in [3.8, 4) is 5.75 Å². The molecule has 1 aliphatic heterocycles. The molecule has 8 nitrogen and oxygen atoms in total. The maximum atomic E-state index is 12.7. The van der Waals surface area contributed by atoms with Crippen molar-refractivity contribution in [2.75, 3.05) is 39.4 Å². The van der Waals surface area contributed by atoms with E-state index in [1.54, 1.807) is 12.3 Å². The van der Waals surface area contributed by atoms with Crippen LogP contribution in [0.25, 0.3) is 10.9 Å². The van der Waals surface area contributed by atoms with Gasteiger partial charge in [0.05, 0.1) is 24.3 Å². The Hall–Kier alpha value is -3.59. The molecular weight excluding hydrogens is 454 g/mol. The number of morpholine rings is 1. The van der Waals surface area contributed by atoms with Gasteiger partial charge in [0.25, 0.3) is 5.56 Å². The average molecular weight is 486 g/mol. The van der Waals surface area contributed by atoms with Gasteiger partial charge >= 0.3 is 0 Å². The molecule has 2 N–H and O–H groups in total. The van der Waals surface area contributed by atoms with Crippen molar-refractivity contribution in [1.29, 1.82) is 0 Å². The van der Waals surface area contributed by atoms with Gasteiger partial charge in [-0.05, 0) is 35.7 Å². The summed E-state index contributed by atoms with van der Waals surface area (Å²) in [6.07, 6.45) is 2.53. The van der Waals surface area contributed by atoms with Gasteiger partial charge in [-0.2, -0.15) is 0 Å². The molecule has 0 amide bonds. The zero-order valence-corrected chi connectivity index (χ0v) is 20.3. The van der Waals surface area contributed by atoms with Crippen molar-refractivity contribution in [2.45, 2.75) is 19.6 Å². The summed E-state index contributed by atoms with van der Waals surface area (Å²) in [6.45, 7) is 6.00. The van der Waals surface area contributed by atoms with Crippen LogP contribution in [0.4, 0.5) is 0 Å². The maximum absolute atomic E-state index is 12.7. The van der Waals surface area contributed by atoms with Crippen molar-refractivity contribution >= 4 is 10.9 Å². The van der Waals surface area contributed by atoms with E-state index < -0.39 is 0 Å². The molecule has 1 saturated heterocycles. The zero-order valence-electron chi connectivity index (χ0n) is 20.3. The Balaban J connectivity index is 1.20. The van der Waals surface area contributed by atoms with E-state index >= 15 is 0 Å². The number of hydrogen-bond acceptors (Lipinski definition) is 7. The number of hydrogen-bond donors (Lipinski definition) is 2. The molecular formula is C28H31N5O3. The van der Waals surface area contributed by atoms with E-state index in [9.17, 15) is 4.79 Å². The first-order valence-electron chi connectivity index (χ1n) is 12.4. The quantitative estimate of drug-likeness (QED) is 0.334. The topological polar surface area (TPSA) is 92.4 Å². The lowest BCUT2D eigenvalue weighted by Gasteiger charge is -2.26. The number of rotatable bonds is 10. The van der Waals surface area contributed by atoms with Crippen LogP contribution in [0.1, 0.15) is 22.6 Å². The Morgan fingerprint density at radius 3 is 2.58 bits per heavy atom. The fourth-order valence-electron chi connectivity index (χ4n) is 4.32. The van der Waals surface area contributed by atoms with Crippen molar-refractivity contribution in [3.05, 3.63) is 99.9 Å². The monoisotopic (exact) mass is 485 g/mol. The molecule has 2 aromatic carbocycles. The van der Waals surface area contributed by atoms with E-state index in [1.165, 1.54) is 11.1 Å². The summed E-state index contributed by atoms with van der Waals surface area (Å²) in [7, 11) is 0. The van der Waals surface area contributed by atoms with Gasteiger partial charge < -0.3 is 19.8 Å². The molecule has 0 atom stereocenters. The van der Waals surface area contributed by atoms with Crippen LogP contribution in [0.2, 0.25) is 0 Å². The molecule has 1 fully saturated rings. The third-order valence-corrected chi connectivity index (χ3v) is 6.30. The summed E-state index contributed by atoms with van der Waals surface area (Å²) in [4.78, 5) is 27.1. The van der Waals surface area contributed by atoms with E-state index in [-0.39, 0.29) is 12.2 Å². The third kappa shape index (κ3) is 6.34. The van der Waals surface area contributed by atoms with Crippen molar-refractivity contribution in [1.82, 2.24) is 25.2 Å². The molecule has 0 radical (unpaired) electrons. The Morgan fingerprint density at radius 1 is 1.00 bits per heavy atom. The predicted molar refractivity (Wildman–Crippen MR) is 139 cm³/mol. The number of benzene rings is 2. The fraction of sp³-hybridized carbons (Fsp3) is 0.321. The van der Waals surface area contributed by atoms with E-state index in [4.69, 9.17) is 9.47 Å². The molecule has 0 aliphatic carbocycles. The van der Waals surface area contributed by atoms with Gasteiger partial charge in [0.1, 0.15) is 23.7 Å². The summed E-state index contributed by atoms with van der Waals surface area (Å²) in [6, 6.07) is 20.1. The van der Waals surface area contributed by atoms with Gasteiger partial charge in [-0.1, -0.05) is 42.5 Å². The number of H-pyrrole nitrogens is 1. The zero-order chi connectivity index (χ0) is 24.6. The summed E-state index contributed by atoms with van der Waals surface area (Å²) < 4.78 is 11.3. The molecule has 186 valence electrons. The van der Waals surface area contributed by atoms with Crippen LogP contribution in [-0.4, -0.2) is 59.2 Å². The Labute approximate surface area is 210 Å². The number of aromatic amines is 1. The van der Waals surface area contributed by atoms with Crippen molar-refractivity contribution < 1.29 is 9.47 Å². The van der Waals surface area contributed by atoms with Crippen LogP contribution < -0.4 is 15.6 Å². The fourth-order valence-corrected chi connectivity index (χ4v) is 4.32. The molecule has 8 heteroatoms. The number of fused-ring (bicyclic) bond motifs is 1. The summed E-state index contributed by atoms with van der Waals surface area (Å²) in [5, 5.41) is 3.96. The van der Waals surface area contributed by atoms with Crippen LogP contribution >= 0.6 is 0 Å². The lowest BCUT2D eigenvalue weighted by molar-refractivity contribution is 0.0384. The minimum atomic E-state index is -0.186. The summed E-state index contributed by atoms with van der Waals surface area (Å²) >= 11 is 0. The molecule has 0 bridgehead atoms. The Morgan fingerprint density at radius 2 is 1.78 bits per heavy atom. The van der Waals surface area contributed by atoms with Crippen LogP contribution in [0.15, 0.2) is 71.7 Å². The van der Waals surface area contributed by atoms with Gasteiger partial charge in [0.2, 0.25) is 0 Å². The maximum Gasteiger partial charge on any atom is 0.258 e. The lowest BCUT2D eigenvalue weighted by Crippen LogP contribution is -2.40. The van der Waals surface area contributed by atoms with Crippen molar-refractivity contribution in [3.63, 3.8) is 0 Å². The Bertz CT molecular complexity index is 1320. The molecule has 1 aliphatic rings. The molecule has 4 aromatic rings. The van der Waals surface area contributed by atoms with Crippen LogP contribution in [-0.2, 0) is 24.3 Å². The highest BCUT2D eigenvalue weighted by molar-refractivity contribution is 5.79. The highest BCUT2D eigenvalue weighted by Crippen LogP contribution is 2.17. The molecule has 0 spiro atoms. The SMILES string of the molecule is O=c1[nH]c(COc2ccc(Cc3ccccc3)cc2)nc2c(CNCCN3CCOCC3)nccc12. The third-order valence-electron chi connectivity index (χ3n) is 6.30. The number of ether oxygens (including phenoxy) is 2. The molecule has 36 heavy (non-hydrogen) atoms. The number of aromatic nitrogens is 3. The molecule has 0 unspecified atom stereocenters. The standard InChI is InChI=1S/C28H31N5O3/c34-28-24-10-11-30-25(19-29-12-13-33-14-16-35-17-15-33)27(24)31-26(32-28)20-36-23-8-6-22(7-9-23)18-21-4-2-1-3-5-21/h1-11,29H,12-20H2,(H,31,32,34). The van der Waals surface area contributed by atoms with Crippen molar-refractivity contribution in [2.24, 2.45) is 0 Å². The van der Waals surface area contributed by atoms with E-state index in [0.717, 1.165) is 57.3 Å². The van der Waals surface area contributed by atoms with E-state index in [1.807, 2.05) is 30.3 Å². The highest BCUT2D eigenvalue weighted by atomic mass is 16.5. The number of nitrogens with zero attached hydrogens (tertiary/aromatic N) is 3. The van der Waals surface area contributed by atoms with Gasteiger partial charge in [0.15, 0.2) is 0 Å². The van der Waals surface area contributed by atoms with Gasteiger partial charge in [0, 0.05) is 38.9 Å². The van der Waals surface area contributed by atoms with Gasteiger partial charge in [-0.3, -0.25) is 14.7 Å². The second-order valence-electron chi connectivity index (χ2n) is 8.89. The average Bonchev–Trinajstić information content (AvgIpc) is 2.92. The molecule has 2 aromatic heterocycles. The Kier molecular flexibility index (Phi) is 7.97. The minimum Gasteiger partial charge on any atom is -0.486 e. The van der Waals surface area contributed by atoms with Gasteiger partial charge in [-0.25, -0.2) is 4.98 Å². The van der Waals surface area contributed by atoms with Crippen LogP contribution in [0.5, 0.6) is 5.75 Å². The molecule has 5 rings (SSSR count). The predicted octanol–water partition coefficient (Wildman–Crippen LogP) is 2.91. The summed E-state index contributed by atoms with van der Waals surface area (Å²) in [5.74, 6) is 1.20. The van der Waals surface area contributed by atoms with Crippen LogP contribution in [0.3, 0.4) is 0 Å². The normalized spacial score (nSPS) is 14.2. The second kappa shape index (κ2) is 11.9. The highest BCUT2D eigenvalue weighted by Gasteiger charge is 2.12. The second-order valence-corrected chi connectivity index (χ2v) is 8.89. The minimum absolute atomic E-state index is 0.169. The first-order valence-corrected chi connectivity index (χ1v) is 12.4. The smallest absolute Gasteiger partial charge is 0.258 e. The first kappa shape index (κ1) is 24.1. The van der Waals surface area contributed by atoms with E-state index in [0.29, 0.717) is 23.3 Å². The van der Waals surface area contributed by atoms with Gasteiger partial charge in [-0.15, -0.1) is 0 Å². The molecule has 0 saturated carbocycles. The lowest BCUT2D eigenvalue weighted by atomic mass is 10.1. The van der Waals surface area contributed by atoms with Crippen LogP contribution in [0, 0.1) is 0 Å². The number of nitrogens with one attached hydrogen (secondary N) is 2.